The normalized spacial score (nSPS) is 16.0. The molecule has 0 amide bonds. The van der Waals surface area contributed by atoms with E-state index in [0.717, 1.165) is 41.7 Å². The van der Waals surface area contributed by atoms with Crippen LogP contribution in [0.3, 0.4) is 0 Å². The second-order valence-electron chi connectivity index (χ2n) is 5.54. The zero-order valence-electron chi connectivity index (χ0n) is 13.8. The van der Waals surface area contributed by atoms with Crippen LogP contribution in [0.25, 0.3) is 0 Å². The van der Waals surface area contributed by atoms with Crippen LogP contribution in [-0.2, 0) is 0 Å². The lowest BCUT2D eigenvalue weighted by Crippen LogP contribution is -2.54. The Morgan fingerprint density at radius 2 is 1.76 bits per heavy atom. The van der Waals surface area contributed by atoms with Crippen molar-refractivity contribution in [3.63, 3.8) is 0 Å². The predicted octanol–water partition coefficient (Wildman–Crippen LogP) is 5.15. The van der Waals surface area contributed by atoms with Gasteiger partial charge in [-0.3, -0.25) is 4.90 Å². The molecule has 0 aromatic heterocycles. The van der Waals surface area contributed by atoms with E-state index in [1.807, 2.05) is 18.2 Å². The maximum atomic E-state index is 6.46. The Hall–Kier alpha value is -0.280. The van der Waals surface area contributed by atoms with Crippen LogP contribution in [0.4, 0.5) is 0 Å². The molecule has 0 radical (unpaired) electrons. The fourth-order valence-corrected chi connectivity index (χ4v) is 3.57. The molecule has 2 unspecified atom stereocenters. The van der Waals surface area contributed by atoms with E-state index in [0.29, 0.717) is 0 Å². The lowest BCUT2D eigenvalue weighted by atomic mass is 9.82. The minimum absolute atomic E-state index is 0.00612. The number of nitrogens with one attached hydrogen (secondary N) is 1. The number of halogens is 2. The minimum Gasteiger partial charge on any atom is -0.309 e. The van der Waals surface area contributed by atoms with Gasteiger partial charge in [0.05, 0.1) is 6.04 Å². The molecule has 1 aromatic rings. The molecule has 21 heavy (non-hydrogen) atoms. The van der Waals surface area contributed by atoms with E-state index in [2.05, 4.69) is 44.8 Å². The van der Waals surface area contributed by atoms with Gasteiger partial charge in [-0.05, 0) is 56.7 Å². The lowest BCUT2D eigenvalue weighted by Gasteiger charge is -2.46. The van der Waals surface area contributed by atoms with Gasteiger partial charge < -0.3 is 5.32 Å². The monoisotopic (exact) mass is 330 g/mol. The molecule has 120 valence electrons. The van der Waals surface area contributed by atoms with Crippen molar-refractivity contribution >= 4 is 23.2 Å². The molecule has 0 aliphatic carbocycles. The van der Waals surface area contributed by atoms with E-state index < -0.39 is 0 Å². The Balaban J connectivity index is 3.34. The molecule has 1 aromatic carbocycles. The van der Waals surface area contributed by atoms with Gasteiger partial charge in [-0.25, -0.2) is 0 Å². The number of rotatable bonds is 8. The molecule has 0 aliphatic rings. The van der Waals surface area contributed by atoms with Crippen molar-refractivity contribution in [3.05, 3.63) is 33.8 Å². The second-order valence-corrected chi connectivity index (χ2v) is 6.38. The van der Waals surface area contributed by atoms with Gasteiger partial charge in [-0.2, -0.15) is 0 Å². The molecule has 0 saturated heterocycles. The van der Waals surface area contributed by atoms with Gasteiger partial charge in [0.1, 0.15) is 0 Å². The summed E-state index contributed by atoms with van der Waals surface area (Å²) in [4.78, 5) is 2.50. The zero-order chi connectivity index (χ0) is 16.0. The van der Waals surface area contributed by atoms with Gasteiger partial charge in [0.25, 0.3) is 0 Å². The van der Waals surface area contributed by atoms with E-state index in [1.165, 1.54) is 0 Å². The average Bonchev–Trinajstić information content (AvgIpc) is 2.48. The summed E-state index contributed by atoms with van der Waals surface area (Å²) in [6.45, 7) is 14.0. The first-order chi connectivity index (χ1) is 9.94. The molecular weight excluding hydrogens is 303 g/mol. The summed E-state index contributed by atoms with van der Waals surface area (Å²) in [6, 6.07) is 5.88. The van der Waals surface area contributed by atoms with Gasteiger partial charge in [0.15, 0.2) is 0 Å². The first kappa shape index (κ1) is 18.8. The van der Waals surface area contributed by atoms with Crippen LogP contribution in [0.2, 0.25) is 10.0 Å². The zero-order valence-corrected chi connectivity index (χ0v) is 15.4. The summed E-state index contributed by atoms with van der Waals surface area (Å²) < 4.78 is 0. The van der Waals surface area contributed by atoms with Gasteiger partial charge in [-0.15, -0.1) is 0 Å². The molecule has 0 fully saturated rings. The summed E-state index contributed by atoms with van der Waals surface area (Å²) in [7, 11) is 0. The van der Waals surface area contributed by atoms with Crippen molar-refractivity contribution in [2.75, 3.05) is 19.6 Å². The summed E-state index contributed by atoms with van der Waals surface area (Å²) in [5, 5.41) is 5.13. The molecule has 4 heteroatoms. The van der Waals surface area contributed by atoms with Crippen LogP contribution in [0.5, 0.6) is 0 Å². The summed E-state index contributed by atoms with van der Waals surface area (Å²) in [6.07, 6.45) is 1.04. The van der Waals surface area contributed by atoms with Crippen molar-refractivity contribution in [2.24, 2.45) is 0 Å². The lowest BCUT2D eigenvalue weighted by molar-refractivity contribution is 0.0705. The highest BCUT2D eigenvalue weighted by Gasteiger charge is 2.38. The molecular formula is C17H28Cl2N2. The van der Waals surface area contributed by atoms with Crippen molar-refractivity contribution in [1.29, 1.82) is 0 Å². The third kappa shape index (κ3) is 4.13. The highest BCUT2D eigenvalue weighted by molar-refractivity contribution is 6.33. The van der Waals surface area contributed by atoms with E-state index in [9.17, 15) is 0 Å². The van der Waals surface area contributed by atoms with Crippen LogP contribution < -0.4 is 5.32 Å². The van der Waals surface area contributed by atoms with E-state index in [-0.39, 0.29) is 11.6 Å². The second kappa shape index (κ2) is 8.38. The van der Waals surface area contributed by atoms with Gasteiger partial charge in [0.2, 0.25) is 0 Å². The third-order valence-corrected chi connectivity index (χ3v) is 5.08. The number of hydrogen-bond acceptors (Lipinski definition) is 2. The number of nitrogens with zero attached hydrogens (tertiary/aromatic N) is 1. The molecule has 2 nitrogen and oxygen atoms in total. The maximum absolute atomic E-state index is 6.46. The third-order valence-electron chi connectivity index (χ3n) is 4.50. The number of hydrogen-bond donors (Lipinski definition) is 1. The van der Waals surface area contributed by atoms with Crippen LogP contribution in [0.15, 0.2) is 18.2 Å². The smallest absolute Gasteiger partial charge is 0.0519 e. The Morgan fingerprint density at radius 3 is 2.24 bits per heavy atom. The highest BCUT2D eigenvalue weighted by Crippen LogP contribution is 2.38. The Bertz CT molecular complexity index is 446. The van der Waals surface area contributed by atoms with Gasteiger partial charge in [0, 0.05) is 15.6 Å². The number of benzene rings is 1. The van der Waals surface area contributed by atoms with Crippen LogP contribution in [0, 0.1) is 0 Å². The van der Waals surface area contributed by atoms with Gasteiger partial charge >= 0.3 is 0 Å². The highest BCUT2D eigenvalue weighted by atomic mass is 35.5. The van der Waals surface area contributed by atoms with E-state index in [1.54, 1.807) is 0 Å². The maximum Gasteiger partial charge on any atom is 0.0519 e. The molecule has 0 spiro atoms. The Morgan fingerprint density at radius 1 is 1.14 bits per heavy atom. The molecule has 0 bridgehead atoms. The molecule has 1 rings (SSSR count). The standard InChI is InChI=1S/C17H28Cl2N2/c1-6-17(5,21(8-3)9-4)16(20-7-2)14-12-13(18)10-11-15(14)19/h10-12,16,20H,6-9H2,1-5H3. The molecule has 2 atom stereocenters. The van der Waals surface area contributed by atoms with Crippen molar-refractivity contribution in [3.8, 4) is 0 Å². The SMILES string of the molecule is CCNC(c1cc(Cl)ccc1Cl)C(C)(CC)N(CC)CC. The topological polar surface area (TPSA) is 15.3 Å². The quantitative estimate of drug-likeness (QED) is 0.708. The fourth-order valence-electron chi connectivity index (χ4n) is 3.16. The molecule has 1 N–H and O–H groups in total. The summed E-state index contributed by atoms with van der Waals surface area (Å²) in [5.41, 5.74) is 1.08. The Kier molecular flexibility index (Phi) is 7.49. The number of likely N-dealkylation sites (N-methyl/N-ethyl adjacent to an activating group) is 2. The van der Waals surface area contributed by atoms with E-state index >= 15 is 0 Å². The summed E-state index contributed by atoms with van der Waals surface area (Å²) >= 11 is 12.7. The van der Waals surface area contributed by atoms with Gasteiger partial charge in [-0.1, -0.05) is 50.9 Å². The molecule has 0 saturated carbocycles. The van der Waals surface area contributed by atoms with Crippen molar-refractivity contribution in [2.45, 2.75) is 52.6 Å². The summed E-state index contributed by atoms with van der Waals surface area (Å²) in [5.74, 6) is 0. The van der Waals surface area contributed by atoms with Crippen LogP contribution in [-0.4, -0.2) is 30.1 Å². The van der Waals surface area contributed by atoms with Crippen LogP contribution in [0.1, 0.15) is 52.6 Å². The average molecular weight is 331 g/mol. The molecule has 0 aliphatic heterocycles. The van der Waals surface area contributed by atoms with Crippen LogP contribution >= 0.6 is 23.2 Å². The predicted molar refractivity (Wildman–Crippen MR) is 94.5 cm³/mol. The first-order valence-electron chi connectivity index (χ1n) is 7.87. The van der Waals surface area contributed by atoms with Crippen molar-refractivity contribution < 1.29 is 0 Å². The molecule has 0 heterocycles. The fraction of sp³-hybridized carbons (Fsp3) is 0.647. The first-order valence-corrected chi connectivity index (χ1v) is 8.63. The van der Waals surface area contributed by atoms with Crippen molar-refractivity contribution in [1.82, 2.24) is 10.2 Å². The Labute approximate surface area is 139 Å². The minimum atomic E-state index is -0.00612. The van der Waals surface area contributed by atoms with E-state index in [4.69, 9.17) is 23.2 Å². The largest absolute Gasteiger partial charge is 0.309 e.